The van der Waals surface area contributed by atoms with E-state index in [0.29, 0.717) is 25.0 Å². The van der Waals surface area contributed by atoms with Crippen LogP contribution in [0.3, 0.4) is 0 Å². The summed E-state index contributed by atoms with van der Waals surface area (Å²) in [5.74, 6) is -6.05. The van der Waals surface area contributed by atoms with Gasteiger partial charge in [-0.2, -0.15) is 0 Å². The Labute approximate surface area is 193 Å². The Morgan fingerprint density at radius 1 is 1.12 bits per heavy atom. The Balaban J connectivity index is 1.63. The predicted molar refractivity (Wildman–Crippen MR) is 116 cm³/mol. The summed E-state index contributed by atoms with van der Waals surface area (Å²) >= 11 is 6.20. The smallest absolute Gasteiger partial charge is 0.255 e. The van der Waals surface area contributed by atoms with E-state index in [1.807, 2.05) is 0 Å². The number of carbonyl (C=O) groups excluding carboxylic acids is 1. The Morgan fingerprint density at radius 2 is 1.70 bits per heavy atom. The minimum absolute atomic E-state index is 0.0494. The average Bonchev–Trinajstić information content (AvgIpc) is 3.05. The third-order valence-electron chi connectivity index (χ3n) is 6.60. The minimum Gasteiger partial charge on any atom is -0.389 e. The fourth-order valence-electron chi connectivity index (χ4n) is 5.15. The number of benzene rings is 2. The summed E-state index contributed by atoms with van der Waals surface area (Å²) in [7, 11) is -3.97. The first kappa shape index (κ1) is 24.0. The van der Waals surface area contributed by atoms with Crippen LogP contribution < -0.4 is 11.1 Å². The molecular weight excluding hydrogens is 481 g/mol. The van der Waals surface area contributed by atoms with Crippen molar-refractivity contribution in [2.24, 2.45) is 17.6 Å². The molecule has 2 aromatic rings. The van der Waals surface area contributed by atoms with Gasteiger partial charge < -0.3 is 16.2 Å². The van der Waals surface area contributed by atoms with E-state index in [9.17, 15) is 31.5 Å². The van der Waals surface area contributed by atoms with Crippen LogP contribution >= 0.6 is 11.6 Å². The van der Waals surface area contributed by atoms with E-state index in [-0.39, 0.29) is 52.4 Å². The molecule has 2 aromatic carbocycles. The fraction of sp³-hybridized carbons (Fsp3) is 0.409. The van der Waals surface area contributed by atoms with Crippen LogP contribution in [0.5, 0.6) is 0 Å². The lowest BCUT2D eigenvalue weighted by atomic mass is 9.77. The molecule has 2 fully saturated rings. The van der Waals surface area contributed by atoms with Gasteiger partial charge >= 0.3 is 0 Å². The molecule has 2 saturated carbocycles. The molecule has 2 aliphatic rings. The van der Waals surface area contributed by atoms with Crippen molar-refractivity contribution in [3.63, 3.8) is 0 Å². The Hall–Kier alpha value is -2.14. The molecule has 0 radical (unpaired) electrons. The van der Waals surface area contributed by atoms with Gasteiger partial charge in [0.15, 0.2) is 27.3 Å². The minimum atomic E-state index is -3.97. The summed E-state index contributed by atoms with van der Waals surface area (Å²) < 4.78 is 67.2. The standard InChI is InChI=1S/C22H22ClF3N2O4S/c23-15-4-3-11(21(29)28-14-6-16(24)19(26)17(25)7-14)5-18(15)33(31,32)20-12-1-2-13(20)9-22(30,8-12)10-27/h3-7,12-13,20,30H,1-2,8-10,27H2,(H,28,29)/t12-,13?,20?,22+/m0/s1. The second-order valence-electron chi connectivity index (χ2n) is 8.80. The van der Waals surface area contributed by atoms with E-state index in [1.54, 1.807) is 0 Å². The number of carbonyl (C=O) groups is 1. The highest BCUT2D eigenvalue weighted by Crippen LogP contribution is 2.51. The maximum atomic E-state index is 13.6. The van der Waals surface area contributed by atoms with Crippen LogP contribution in [-0.2, 0) is 9.84 Å². The van der Waals surface area contributed by atoms with Gasteiger partial charge in [-0.15, -0.1) is 0 Å². The van der Waals surface area contributed by atoms with Gasteiger partial charge in [-0.25, -0.2) is 21.6 Å². The van der Waals surface area contributed by atoms with Crippen LogP contribution in [0.4, 0.5) is 18.9 Å². The maximum absolute atomic E-state index is 13.6. The number of aliphatic hydroxyl groups is 1. The van der Waals surface area contributed by atoms with Crippen LogP contribution in [0.25, 0.3) is 0 Å². The first-order valence-corrected chi connectivity index (χ1v) is 12.3. The monoisotopic (exact) mass is 502 g/mol. The van der Waals surface area contributed by atoms with Crippen LogP contribution in [0.15, 0.2) is 35.2 Å². The first-order valence-electron chi connectivity index (χ1n) is 10.4. The number of hydrogen-bond donors (Lipinski definition) is 3. The topological polar surface area (TPSA) is 109 Å². The zero-order valence-corrected chi connectivity index (χ0v) is 18.9. The van der Waals surface area contributed by atoms with Crippen LogP contribution in [0.2, 0.25) is 5.02 Å². The molecule has 6 nitrogen and oxygen atoms in total. The third kappa shape index (κ3) is 4.37. The lowest BCUT2D eigenvalue weighted by Gasteiger charge is -2.40. The van der Waals surface area contributed by atoms with Gasteiger partial charge in [0.1, 0.15) is 0 Å². The highest BCUT2D eigenvalue weighted by atomic mass is 35.5. The number of halogens is 4. The average molecular weight is 503 g/mol. The molecule has 1 amide bonds. The van der Waals surface area contributed by atoms with E-state index < -0.39 is 44.0 Å². The number of anilines is 1. The number of rotatable bonds is 5. The Morgan fingerprint density at radius 3 is 2.24 bits per heavy atom. The maximum Gasteiger partial charge on any atom is 0.255 e. The van der Waals surface area contributed by atoms with Gasteiger partial charge in [-0.05, 0) is 55.7 Å². The predicted octanol–water partition coefficient (Wildman–Crippen LogP) is 3.66. The zero-order valence-electron chi connectivity index (χ0n) is 17.3. The number of nitrogens with two attached hydrogens (primary N) is 1. The van der Waals surface area contributed by atoms with E-state index in [2.05, 4.69) is 5.32 Å². The van der Waals surface area contributed by atoms with Gasteiger partial charge in [0, 0.05) is 29.9 Å². The second-order valence-corrected chi connectivity index (χ2v) is 11.3. The highest BCUT2D eigenvalue weighted by Gasteiger charge is 2.53. The molecule has 4 atom stereocenters. The van der Waals surface area contributed by atoms with E-state index in [4.69, 9.17) is 17.3 Å². The third-order valence-corrected chi connectivity index (χ3v) is 9.48. The summed E-state index contributed by atoms with van der Waals surface area (Å²) in [6.45, 7) is 0.0494. The van der Waals surface area contributed by atoms with Crippen molar-refractivity contribution in [3.05, 3.63) is 58.4 Å². The van der Waals surface area contributed by atoms with Gasteiger partial charge in [0.05, 0.1) is 20.8 Å². The summed E-state index contributed by atoms with van der Waals surface area (Å²) in [6.07, 6.45) is 1.81. The van der Waals surface area contributed by atoms with Crippen molar-refractivity contribution in [1.29, 1.82) is 0 Å². The SMILES string of the molecule is NC[C@]1(O)CC2CC[C@@H](C1)C2S(=O)(=O)c1cc(C(=O)Nc2cc(F)c(F)c(F)c2)ccc1Cl. The van der Waals surface area contributed by atoms with Crippen molar-refractivity contribution in [3.8, 4) is 0 Å². The molecule has 178 valence electrons. The zero-order chi connectivity index (χ0) is 24.1. The fourth-order valence-corrected chi connectivity index (χ4v) is 7.99. The highest BCUT2D eigenvalue weighted by molar-refractivity contribution is 7.92. The second kappa shape index (κ2) is 8.57. The van der Waals surface area contributed by atoms with Crippen molar-refractivity contribution in [2.45, 2.75) is 41.4 Å². The van der Waals surface area contributed by atoms with Gasteiger partial charge in [0.25, 0.3) is 5.91 Å². The van der Waals surface area contributed by atoms with Crippen molar-refractivity contribution in [2.75, 3.05) is 11.9 Å². The number of amides is 1. The molecule has 0 saturated heterocycles. The molecule has 0 aromatic heterocycles. The normalized spacial score (nSPS) is 26.9. The van der Waals surface area contributed by atoms with Gasteiger partial charge in [0.2, 0.25) is 0 Å². The summed E-state index contributed by atoms with van der Waals surface area (Å²) in [5, 5.41) is 12.0. The van der Waals surface area contributed by atoms with Crippen LogP contribution in [0, 0.1) is 29.3 Å². The molecule has 2 bridgehead atoms. The molecule has 2 aliphatic carbocycles. The molecule has 0 spiro atoms. The summed E-state index contributed by atoms with van der Waals surface area (Å²) in [6, 6.07) is 4.88. The first-order chi connectivity index (χ1) is 15.4. The quantitative estimate of drug-likeness (QED) is 0.541. The van der Waals surface area contributed by atoms with Crippen molar-refractivity contribution in [1.82, 2.24) is 0 Å². The molecule has 4 rings (SSSR count). The molecule has 4 N–H and O–H groups in total. The summed E-state index contributed by atoms with van der Waals surface area (Å²) in [5.41, 5.74) is 4.16. The van der Waals surface area contributed by atoms with Gasteiger partial charge in [-0.1, -0.05) is 11.6 Å². The number of fused-ring (bicyclic) bond motifs is 2. The van der Waals surface area contributed by atoms with E-state index >= 15 is 0 Å². The van der Waals surface area contributed by atoms with Crippen LogP contribution in [0.1, 0.15) is 36.0 Å². The lowest BCUT2D eigenvalue weighted by molar-refractivity contribution is -0.0106. The molecule has 11 heteroatoms. The number of nitrogens with one attached hydrogen (secondary N) is 1. The van der Waals surface area contributed by atoms with Crippen LogP contribution in [-0.4, -0.2) is 36.8 Å². The largest absolute Gasteiger partial charge is 0.389 e. The Bertz CT molecular complexity index is 1190. The number of sulfone groups is 1. The van der Waals surface area contributed by atoms with E-state index in [1.165, 1.54) is 12.1 Å². The molecule has 0 heterocycles. The molecule has 33 heavy (non-hydrogen) atoms. The van der Waals surface area contributed by atoms with Gasteiger partial charge in [-0.3, -0.25) is 4.79 Å². The number of hydrogen-bond acceptors (Lipinski definition) is 5. The lowest BCUT2D eigenvalue weighted by Crippen LogP contribution is -2.49. The molecule has 2 unspecified atom stereocenters. The summed E-state index contributed by atoms with van der Waals surface area (Å²) in [4.78, 5) is 12.4. The van der Waals surface area contributed by atoms with Crippen molar-refractivity contribution < 1.29 is 31.5 Å². The van der Waals surface area contributed by atoms with E-state index in [0.717, 1.165) is 6.07 Å². The van der Waals surface area contributed by atoms with Crippen molar-refractivity contribution >= 4 is 33.0 Å². The Kier molecular flexibility index (Phi) is 6.24. The molecule has 0 aliphatic heterocycles. The molecular formula is C22H22ClF3N2O4S.